The summed E-state index contributed by atoms with van der Waals surface area (Å²) in [6, 6.07) is 3.18. The average Bonchev–Trinajstić information content (AvgIpc) is 2.36. The molecule has 1 heterocycles. The molecule has 0 aliphatic heterocycles. The Morgan fingerprint density at radius 2 is 2.10 bits per heavy atom. The molecule has 0 fully saturated rings. The van der Waals surface area contributed by atoms with Gasteiger partial charge in [-0.1, -0.05) is 0 Å². The molecule has 0 aliphatic carbocycles. The summed E-state index contributed by atoms with van der Waals surface area (Å²) in [5.74, 6) is -0.360. The zero-order chi connectivity index (χ0) is 16.0. The van der Waals surface area contributed by atoms with Gasteiger partial charge in [-0.2, -0.15) is 9.37 Å². The Bertz CT molecular complexity index is 492. The smallest absolute Gasteiger partial charge is 0.410 e. The SMILES string of the molecule is CCN(CCOc1ccc(I)c(F)n1)C(=O)OC(C)(C)C. The van der Waals surface area contributed by atoms with Crippen LogP contribution in [-0.2, 0) is 4.74 Å². The maximum atomic E-state index is 13.3. The van der Waals surface area contributed by atoms with Crippen LogP contribution in [0.4, 0.5) is 9.18 Å². The van der Waals surface area contributed by atoms with Gasteiger partial charge < -0.3 is 14.4 Å². The van der Waals surface area contributed by atoms with Crippen molar-refractivity contribution in [3.05, 3.63) is 21.7 Å². The van der Waals surface area contributed by atoms with Gasteiger partial charge in [-0.05, 0) is 56.4 Å². The Balaban J connectivity index is 2.48. The lowest BCUT2D eigenvalue weighted by Gasteiger charge is -2.26. The molecule has 0 bridgehead atoms. The second-order valence-corrected chi connectivity index (χ2v) is 6.49. The van der Waals surface area contributed by atoms with Crippen LogP contribution in [0.1, 0.15) is 27.7 Å². The van der Waals surface area contributed by atoms with E-state index < -0.39 is 17.6 Å². The van der Waals surface area contributed by atoms with Crippen LogP contribution in [-0.4, -0.2) is 41.3 Å². The zero-order valence-corrected chi connectivity index (χ0v) is 14.8. The van der Waals surface area contributed by atoms with E-state index in [1.165, 1.54) is 4.90 Å². The quantitative estimate of drug-likeness (QED) is 0.551. The van der Waals surface area contributed by atoms with Gasteiger partial charge >= 0.3 is 6.09 Å². The number of aromatic nitrogens is 1. The fourth-order valence-corrected chi connectivity index (χ4v) is 1.75. The third-order valence-electron chi connectivity index (χ3n) is 2.42. The molecule has 1 amide bonds. The average molecular weight is 410 g/mol. The maximum absolute atomic E-state index is 13.3. The van der Waals surface area contributed by atoms with E-state index in [9.17, 15) is 9.18 Å². The van der Waals surface area contributed by atoms with Gasteiger partial charge in [0, 0.05) is 12.6 Å². The summed E-state index contributed by atoms with van der Waals surface area (Å²) in [6.45, 7) is 8.37. The van der Waals surface area contributed by atoms with Crippen molar-refractivity contribution in [2.24, 2.45) is 0 Å². The predicted molar refractivity (Wildman–Crippen MR) is 85.9 cm³/mol. The normalized spacial score (nSPS) is 11.1. The first-order chi connectivity index (χ1) is 9.73. The van der Waals surface area contributed by atoms with Crippen molar-refractivity contribution < 1.29 is 18.7 Å². The van der Waals surface area contributed by atoms with Gasteiger partial charge in [-0.25, -0.2) is 4.79 Å². The standard InChI is InChI=1S/C14H20FIN2O3/c1-5-18(13(19)21-14(2,3)4)8-9-20-11-7-6-10(16)12(15)17-11/h6-7H,5,8-9H2,1-4H3. The Morgan fingerprint density at radius 3 is 2.62 bits per heavy atom. The number of amides is 1. The molecule has 1 rings (SSSR count). The van der Waals surface area contributed by atoms with Crippen molar-refractivity contribution in [1.82, 2.24) is 9.88 Å². The molecule has 0 N–H and O–H groups in total. The van der Waals surface area contributed by atoms with Crippen molar-refractivity contribution in [2.45, 2.75) is 33.3 Å². The molecule has 5 nitrogen and oxygen atoms in total. The van der Waals surface area contributed by atoms with Crippen LogP contribution in [0.3, 0.4) is 0 Å². The summed E-state index contributed by atoms with van der Waals surface area (Å²) in [7, 11) is 0. The first-order valence-corrected chi connectivity index (χ1v) is 7.73. The largest absolute Gasteiger partial charge is 0.476 e. The van der Waals surface area contributed by atoms with Crippen LogP contribution in [0, 0.1) is 9.52 Å². The number of hydrogen-bond donors (Lipinski definition) is 0. The third kappa shape index (κ3) is 6.45. The lowest BCUT2D eigenvalue weighted by molar-refractivity contribution is 0.0236. The molecule has 0 spiro atoms. The van der Waals surface area contributed by atoms with Gasteiger partial charge in [0.1, 0.15) is 12.2 Å². The highest BCUT2D eigenvalue weighted by molar-refractivity contribution is 14.1. The highest BCUT2D eigenvalue weighted by Crippen LogP contribution is 2.14. The van der Waals surface area contributed by atoms with Crippen molar-refractivity contribution in [3.63, 3.8) is 0 Å². The van der Waals surface area contributed by atoms with Crippen molar-refractivity contribution in [1.29, 1.82) is 0 Å². The van der Waals surface area contributed by atoms with Crippen LogP contribution in [0.2, 0.25) is 0 Å². The lowest BCUT2D eigenvalue weighted by atomic mass is 10.2. The zero-order valence-electron chi connectivity index (χ0n) is 12.7. The molecule has 0 unspecified atom stereocenters. The molecule has 21 heavy (non-hydrogen) atoms. The Morgan fingerprint density at radius 1 is 1.43 bits per heavy atom. The minimum absolute atomic E-state index is 0.202. The monoisotopic (exact) mass is 410 g/mol. The van der Waals surface area contributed by atoms with Crippen LogP contribution >= 0.6 is 22.6 Å². The predicted octanol–water partition coefficient (Wildman–Crippen LogP) is 3.46. The van der Waals surface area contributed by atoms with E-state index in [4.69, 9.17) is 9.47 Å². The number of carbonyl (C=O) groups excluding carboxylic acids is 1. The highest BCUT2D eigenvalue weighted by Gasteiger charge is 2.20. The van der Waals surface area contributed by atoms with Crippen molar-refractivity contribution >= 4 is 28.7 Å². The van der Waals surface area contributed by atoms with E-state index >= 15 is 0 Å². The summed E-state index contributed by atoms with van der Waals surface area (Å²) in [5, 5.41) is 0. The minimum Gasteiger partial charge on any atom is -0.476 e. The summed E-state index contributed by atoms with van der Waals surface area (Å²) < 4.78 is 24.3. The molecule has 1 aromatic heterocycles. The van der Waals surface area contributed by atoms with Gasteiger partial charge in [0.2, 0.25) is 11.8 Å². The fraction of sp³-hybridized carbons (Fsp3) is 0.571. The molecule has 0 radical (unpaired) electrons. The first kappa shape index (κ1) is 17.9. The number of pyridine rings is 1. The number of ether oxygens (including phenoxy) is 2. The number of rotatable bonds is 5. The fourth-order valence-electron chi connectivity index (χ4n) is 1.45. The molecule has 0 saturated heterocycles. The van der Waals surface area contributed by atoms with Crippen LogP contribution in [0.25, 0.3) is 0 Å². The second kappa shape index (κ2) is 7.77. The summed E-state index contributed by atoms with van der Waals surface area (Å²) in [6.07, 6.45) is -0.393. The summed E-state index contributed by atoms with van der Waals surface area (Å²) in [5.41, 5.74) is -0.536. The second-order valence-electron chi connectivity index (χ2n) is 5.33. The molecular formula is C14H20FIN2O3. The lowest BCUT2D eigenvalue weighted by Crippen LogP contribution is -2.39. The highest BCUT2D eigenvalue weighted by atomic mass is 127. The van der Waals surface area contributed by atoms with Crippen LogP contribution in [0.5, 0.6) is 5.88 Å². The molecule has 1 aromatic rings. The molecule has 7 heteroatoms. The molecule has 0 aliphatic rings. The number of carbonyl (C=O) groups is 1. The van der Waals surface area contributed by atoms with Gasteiger partial charge in [-0.15, -0.1) is 0 Å². The van der Waals surface area contributed by atoms with E-state index in [0.717, 1.165) is 0 Å². The van der Waals surface area contributed by atoms with Crippen LogP contribution < -0.4 is 4.74 Å². The van der Waals surface area contributed by atoms with Gasteiger partial charge in [0.25, 0.3) is 0 Å². The third-order valence-corrected chi connectivity index (χ3v) is 3.23. The first-order valence-electron chi connectivity index (χ1n) is 6.65. The number of halogens is 2. The van der Waals surface area contributed by atoms with Gasteiger partial charge in [0.05, 0.1) is 10.1 Å². The Labute approximate surface area is 138 Å². The Hall–Kier alpha value is -1.12. The van der Waals surface area contributed by atoms with Crippen molar-refractivity contribution in [2.75, 3.05) is 19.7 Å². The van der Waals surface area contributed by atoms with E-state index in [1.54, 1.807) is 12.1 Å². The van der Waals surface area contributed by atoms with E-state index in [-0.39, 0.29) is 12.5 Å². The molecule has 0 saturated carbocycles. The molecular weight excluding hydrogens is 390 g/mol. The van der Waals surface area contributed by atoms with Crippen molar-refractivity contribution in [3.8, 4) is 5.88 Å². The van der Waals surface area contributed by atoms with Gasteiger partial charge in [0.15, 0.2) is 0 Å². The van der Waals surface area contributed by atoms with Gasteiger partial charge in [-0.3, -0.25) is 0 Å². The number of hydrogen-bond acceptors (Lipinski definition) is 4. The summed E-state index contributed by atoms with van der Waals surface area (Å²) in [4.78, 5) is 17.1. The van der Waals surface area contributed by atoms with Crippen LogP contribution in [0.15, 0.2) is 12.1 Å². The number of likely N-dealkylation sites (N-methyl/N-ethyl adjacent to an activating group) is 1. The molecule has 118 valence electrons. The minimum atomic E-state index is -0.562. The number of nitrogens with zero attached hydrogens (tertiary/aromatic N) is 2. The molecule has 0 atom stereocenters. The maximum Gasteiger partial charge on any atom is 0.410 e. The van der Waals surface area contributed by atoms with E-state index in [0.29, 0.717) is 16.7 Å². The molecule has 0 aromatic carbocycles. The summed E-state index contributed by atoms with van der Waals surface area (Å²) >= 11 is 1.85. The van der Waals surface area contributed by atoms with E-state index in [1.807, 2.05) is 50.3 Å². The topological polar surface area (TPSA) is 51.7 Å². The van der Waals surface area contributed by atoms with E-state index in [2.05, 4.69) is 4.98 Å². The Kier molecular flexibility index (Phi) is 6.63.